The number of rotatable bonds is 2. The average molecular weight is 393 g/mol. The molecule has 1 atom stereocenters. The molecule has 0 aliphatic carbocycles. The lowest BCUT2D eigenvalue weighted by atomic mass is 10.0. The number of hydrogen-bond acceptors (Lipinski definition) is 2. The normalized spacial score (nSPS) is 12.5. The average Bonchev–Trinajstić information content (AvgIpc) is 2.35. The van der Waals surface area contributed by atoms with Crippen LogP contribution in [0.3, 0.4) is 0 Å². The minimum atomic E-state index is -1.34. The van der Waals surface area contributed by atoms with Gasteiger partial charge in [-0.15, -0.1) is 0 Å². The van der Waals surface area contributed by atoms with Crippen LogP contribution < -0.4 is 0 Å². The van der Waals surface area contributed by atoms with Gasteiger partial charge in [-0.1, -0.05) is 12.1 Å². The second-order valence-corrected chi connectivity index (χ2v) is 5.79. The monoisotopic (exact) mass is 391 g/mol. The van der Waals surface area contributed by atoms with E-state index in [-0.39, 0.29) is 16.8 Å². The molecule has 0 aliphatic rings. The zero-order chi connectivity index (χ0) is 14.2. The maximum absolute atomic E-state index is 13.8. The van der Waals surface area contributed by atoms with Crippen LogP contribution in [0.15, 0.2) is 33.3 Å². The predicted molar refractivity (Wildman–Crippen MR) is 74.8 cm³/mol. The van der Waals surface area contributed by atoms with E-state index in [0.29, 0.717) is 8.95 Å². The molecule has 6 heteroatoms. The summed E-state index contributed by atoms with van der Waals surface area (Å²) in [5.74, 6) is -2.01. The van der Waals surface area contributed by atoms with E-state index in [9.17, 15) is 13.9 Å². The van der Waals surface area contributed by atoms with Crippen molar-refractivity contribution >= 4 is 31.9 Å². The first-order valence-electron chi connectivity index (χ1n) is 5.35. The van der Waals surface area contributed by atoms with Crippen LogP contribution in [0.25, 0.3) is 0 Å². The largest absolute Gasteiger partial charge is 0.382 e. The van der Waals surface area contributed by atoms with Gasteiger partial charge in [-0.05, 0) is 50.4 Å². The molecular formula is C13H9Br2F2NO. The van der Waals surface area contributed by atoms with E-state index in [0.717, 1.165) is 0 Å². The number of aliphatic hydroxyl groups excluding tert-OH is 1. The van der Waals surface area contributed by atoms with Gasteiger partial charge in [0, 0.05) is 20.7 Å². The zero-order valence-electron chi connectivity index (χ0n) is 9.79. The van der Waals surface area contributed by atoms with Crippen LogP contribution in [0, 0.1) is 18.6 Å². The minimum absolute atomic E-state index is 0.140. The van der Waals surface area contributed by atoms with Gasteiger partial charge in [0.05, 0.1) is 5.69 Å². The molecule has 1 aromatic heterocycles. The van der Waals surface area contributed by atoms with Crippen molar-refractivity contribution in [3.8, 4) is 0 Å². The van der Waals surface area contributed by atoms with Crippen LogP contribution >= 0.6 is 31.9 Å². The molecule has 0 radical (unpaired) electrons. The van der Waals surface area contributed by atoms with Crippen LogP contribution in [0.5, 0.6) is 0 Å². The standard InChI is InChI=1S/C13H9Br2F2NO/c1-6-2-3-8(11(17)10(6)16)13(19)12-9(15)4-7(14)5-18-12/h2-5,13,19H,1H3. The van der Waals surface area contributed by atoms with Gasteiger partial charge in [0.2, 0.25) is 0 Å². The number of aromatic nitrogens is 1. The van der Waals surface area contributed by atoms with E-state index < -0.39 is 17.7 Å². The summed E-state index contributed by atoms with van der Waals surface area (Å²) in [6.07, 6.45) is 0.142. The van der Waals surface area contributed by atoms with E-state index in [4.69, 9.17) is 0 Å². The van der Waals surface area contributed by atoms with Crippen molar-refractivity contribution in [2.75, 3.05) is 0 Å². The first kappa shape index (κ1) is 14.6. The highest BCUT2D eigenvalue weighted by Crippen LogP contribution is 2.31. The molecule has 1 N–H and O–H groups in total. The van der Waals surface area contributed by atoms with E-state index in [1.165, 1.54) is 25.3 Å². The van der Waals surface area contributed by atoms with Gasteiger partial charge in [0.1, 0.15) is 6.10 Å². The summed E-state index contributed by atoms with van der Waals surface area (Å²) in [6, 6.07) is 4.45. The van der Waals surface area contributed by atoms with E-state index in [1.807, 2.05) is 0 Å². The number of benzene rings is 1. The molecule has 0 aliphatic heterocycles. The molecule has 1 heterocycles. The van der Waals surface area contributed by atoms with Crippen molar-refractivity contribution in [1.29, 1.82) is 0 Å². The van der Waals surface area contributed by atoms with E-state index in [1.54, 1.807) is 6.07 Å². The number of hydrogen-bond donors (Lipinski definition) is 1. The van der Waals surface area contributed by atoms with Gasteiger partial charge in [0.25, 0.3) is 0 Å². The summed E-state index contributed by atoms with van der Waals surface area (Å²) < 4.78 is 28.6. The Morgan fingerprint density at radius 1 is 1.21 bits per heavy atom. The number of nitrogens with zero attached hydrogens (tertiary/aromatic N) is 1. The van der Waals surface area contributed by atoms with Gasteiger partial charge in [-0.3, -0.25) is 4.98 Å². The van der Waals surface area contributed by atoms with E-state index >= 15 is 0 Å². The van der Waals surface area contributed by atoms with Crippen LogP contribution in [-0.2, 0) is 0 Å². The fourth-order valence-corrected chi connectivity index (χ4v) is 2.85. The number of pyridine rings is 1. The first-order valence-corrected chi connectivity index (χ1v) is 6.94. The fraction of sp³-hybridized carbons (Fsp3) is 0.154. The number of aryl methyl sites for hydroxylation is 1. The molecule has 0 fully saturated rings. The summed E-state index contributed by atoms with van der Waals surface area (Å²) in [5.41, 5.74) is 0.278. The third kappa shape index (κ3) is 2.85. The second kappa shape index (κ2) is 5.64. The Morgan fingerprint density at radius 3 is 2.53 bits per heavy atom. The Bertz CT molecular complexity index is 634. The summed E-state index contributed by atoms with van der Waals surface area (Å²) >= 11 is 6.46. The lowest BCUT2D eigenvalue weighted by molar-refractivity contribution is 0.207. The molecule has 1 unspecified atom stereocenters. The molecule has 0 amide bonds. The summed E-state index contributed by atoms with van der Waals surface area (Å²) in [5, 5.41) is 10.1. The van der Waals surface area contributed by atoms with Crippen LogP contribution in [-0.4, -0.2) is 10.1 Å². The Balaban J connectivity index is 2.50. The molecule has 19 heavy (non-hydrogen) atoms. The molecule has 0 saturated heterocycles. The second-order valence-electron chi connectivity index (χ2n) is 4.02. The molecule has 2 aromatic rings. The Labute approximate surface area is 125 Å². The highest BCUT2D eigenvalue weighted by molar-refractivity contribution is 9.11. The Morgan fingerprint density at radius 2 is 1.89 bits per heavy atom. The summed E-state index contributed by atoms with van der Waals surface area (Å²) in [6.45, 7) is 1.46. The quantitative estimate of drug-likeness (QED) is 0.827. The predicted octanol–water partition coefficient (Wildman–Crippen LogP) is 4.27. The Kier molecular flexibility index (Phi) is 4.32. The smallest absolute Gasteiger partial charge is 0.165 e. The van der Waals surface area contributed by atoms with Crippen LogP contribution in [0.4, 0.5) is 8.78 Å². The van der Waals surface area contributed by atoms with Gasteiger partial charge in [0.15, 0.2) is 11.6 Å². The Hall–Kier alpha value is -0.850. The highest BCUT2D eigenvalue weighted by Gasteiger charge is 2.22. The van der Waals surface area contributed by atoms with Gasteiger partial charge < -0.3 is 5.11 Å². The van der Waals surface area contributed by atoms with Crippen molar-refractivity contribution in [3.05, 3.63) is 61.8 Å². The van der Waals surface area contributed by atoms with Gasteiger partial charge in [-0.2, -0.15) is 0 Å². The number of halogens is 4. The lowest BCUT2D eigenvalue weighted by Crippen LogP contribution is -2.08. The zero-order valence-corrected chi connectivity index (χ0v) is 13.0. The minimum Gasteiger partial charge on any atom is -0.382 e. The topological polar surface area (TPSA) is 33.1 Å². The molecule has 2 rings (SSSR count). The molecule has 100 valence electrons. The number of aliphatic hydroxyl groups is 1. The van der Waals surface area contributed by atoms with Crippen LogP contribution in [0.2, 0.25) is 0 Å². The van der Waals surface area contributed by atoms with Crippen LogP contribution in [0.1, 0.15) is 22.9 Å². The third-order valence-corrected chi connectivity index (χ3v) is 3.76. The van der Waals surface area contributed by atoms with Crippen molar-refractivity contribution in [2.45, 2.75) is 13.0 Å². The van der Waals surface area contributed by atoms with E-state index in [2.05, 4.69) is 36.8 Å². The molecule has 2 nitrogen and oxygen atoms in total. The third-order valence-electron chi connectivity index (χ3n) is 2.70. The highest BCUT2D eigenvalue weighted by atomic mass is 79.9. The van der Waals surface area contributed by atoms with Crippen molar-refractivity contribution in [2.24, 2.45) is 0 Å². The molecule has 1 aromatic carbocycles. The fourth-order valence-electron chi connectivity index (χ4n) is 1.65. The maximum Gasteiger partial charge on any atom is 0.165 e. The van der Waals surface area contributed by atoms with Crippen molar-refractivity contribution < 1.29 is 13.9 Å². The molecule has 0 spiro atoms. The SMILES string of the molecule is Cc1ccc(C(O)c2ncc(Br)cc2Br)c(F)c1F. The summed E-state index contributed by atoms with van der Waals surface area (Å²) in [7, 11) is 0. The van der Waals surface area contributed by atoms with Gasteiger partial charge >= 0.3 is 0 Å². The maximum atomic E-state index is 13.8. The summed E-state index contributed by atoms with van der Waals surface area (Å²) in [4.78, 5) is 4.01. The van der Waals surface area contributed by atoms with Gasteiger partial charge in [-0.25, -0.2) is 8.78 Å². The first-order chi connectivity index (χ1) is 8.91. The molecular weight excluding hydrogens is 384 g/mol. The van der Waals surface area contributed by atoms with Crippen molar-refractivity contribution in [3.63, 3.8) is 0 Å². The molecule has 0 bridgehead atoms. The lowest BCUT2D eigenvalue weighted by Gasteiger charge is -2.14. The van der Waals surface area contributed by atoms with Crippen molar-refractivity contribution in [1.82, 2.24) is 4.98 Å². The molecule has 0 saturated carbocycles.